The van der Waals surface area contributed by atoms with Gasteiger partial charge in [0.15, 0.2) is 6.29 Å². The van der Waals surface area contributed by atoms with Crippen LogP contribution in [0.4, 0.5) is 4.39 Å². The first-order valence-electron chi connectivity index (χ1n) is 7.51. The van der Waals surface area contributed by atoms with E-state index in [0.717, 1.165) is 23.2 Å². The number of aromatic nitrogens is 2. The molecule has 0 spiro atoms. The number of rotatable bonds is 4. The summed E-state index contributed by atoms with van der Waals surface area (Å²) < 4.78 is 15.0. The van der Waals surface area contributed by atoms with Gasteiger partial charge in [0.25, 0.3) is 0 Å². The minimum atomic E-state index is -0.309. The number of hydrogen-bond acceptors (Lipinski definition) is 2. The van der Waals surface area contributed by atoms with Crippen molar-refractivity contribution in [2.75, 3.05) is 0 Å². The fourth-order valence-corrected chi connectivity index (χ4v) is 2.63. The van der Waals surface area contributed by atoms with Crippen molar-refractivity contribution in [1.82, 2.24) is 9.78 Å². The summed E-state index contributed by atoms with van der Waals surface area (Å²) in [6, 6.07) is 15.7. The van der Waals surface area contributed by atoms with E-state index in [4.69, 9.17) is 0 Å². The molecule has 0 aliphatic carbocycles. The Balaban J connectivity index is 2.30. The molecule has 1 heterocycles. The molecule has 4 heteroatoms. The molecule has 3 rings (SSSR count). The van der Waals surface area contributed by atoms with Gasteiger partial charge in [0.05, 0.1) is 22.6 Å². The Morgan fingerprint density at radius 3 is 2.26 bits per heavy atom. The van der Waals surface area contributed by atoms with E-state index in [1.807, 2.05) is 44.2 Å². The van der Waals surface area contributed by atoms with E-state index in [2.05, 4.69) is 5.10 Å². The van der Waals surface area contributed by atoms with Gasteiger partial charge in [-0.05, 0) is 42.3 Å². The first-order chi connectivity index (χ1) is 11.1. The van der Waals surface area contributed by atoms with Crippen LogP contribution in [0.15, 0.2) is 54.6 Å². The second kappa shape index (κ2) is 6.16. The van der Waals surface area contributed by atoms with Crippen molar-refractivity contribution in [2.24, 2.45) is 0 Å². The Morgan fingerprint density at radius 1 is 1.04 bits per heavy atom. The van der Waals surface area contributed by atoms with Crippen LogP contribution in [-0.2, 0) is 0 Å². The van der Waals surface area contributed by atoms with Crippen molar-refractivity contribution < 1.29 is 9.18 Å². The Bertz CT molecular complexity index is 821. The van der Waals surface area contributed by atoms with E-state index >= 15 is 0 Å². The molecule has 0 atom stereocenters. The Morgan fingerprint density at radius 2 is 1.70 bits per heavy atom. The molecule has 0 aliphatic rings. The predicted molar refractivity (Wildman–Crippen MR) is 88.4 cm³/mol. The van der Waals surface area contributed by atoms with Crippen LogP contribution in [0.5, 0.6) is 0 Å². The van der Waals surface area contributed by atoms with Crippen LogP contribution in [-0.4, -0.2) is 16.1 Å². The average molecular weight is 308 g/mol. The lowest BCUT2D eigenvalue weighted by atomic mass is 10.0. The van der Waals surface area contributed by atoms with Crippen LogP contribution in [0.25, 0.3) is 16.9 Å². The molecule has 1 aromatic heterocycles. The van der Waals surface area contributed by atoms with Crippen molar-refractivity contribution in [1.29, 1.82) is 0 Å². The summed E-state index contributed by atoms with van der Waals surface area (Å²) in [6.07, 6.45) is 0.834. The quantitative estimate of drug-likeness (QED) is 0.659. The zero-order valence-electron chi connectivity index (χ0n) is 13.0. The topological polar surface area (TPSA) is 34.9 Å². The molecule has 0 saturated heterocycles. The third-order valence-electron chi connectivity index (χ3n) is 3.73. The highest BCUT2D eigenvalue weighted by atomic mass is 19.1. The monoisotopic (exact) mass is 308 g/mol. The molecule has 0 bridgehead atoms. The molecule has 0 N–H and O–H groups in total. The van der Waals surface area contributed by atoms with Gasteiger partial charge in [-0.25, -0.2) is 9.07 Å². The molecular formula is C19H17FN2O. The van der Waals surface area contributed by atoms with Gasteiger partial charge >= 0.3 is 0 Å². The van der Waals surface area contributed by atoms with E-state index < -0.39 is 0 Å². The van der Waals surface area contributed by atoms with Crippen molar-refractivity contribution in [3.05, 3.63) is 71.7 Å². The Kier molecular flexibility index (Phi) is 4.06. The molecule has 0 saturated carbocycles. The van der Waals surface area contributed by atoms with Gasteiger partial charge in [-0.15, -0.1) is 0 Å². The second-order valence-corrected chi connectivity index (χ2v) is 5.67. The van der Waals surface area contributed by atoms with E-state index in [0.29, 0.717) is 11.3 Å². The summed E-state index contributed by atoms with van der Waals surface area (Å²) in [5.41, 5.74) is 3.60. The van der Waals surface area contributed by atoms with E-state index in [-0.39, 0.29) is 11.7 Å². The minimum absolute atomic E-state index is 0.111. The smallest absolute Gasteiger partial charge is 0.154 e. The van der Waals surface area contributed by atoms with Crippen molar-refractivity contribution in [3.63, 3.8) is 0 Å². The van der Waals surface area contributed by atoms with E-state index in [1.165, 1.54) is 12.1 Å². The third-order valence-corrected chi connectivity index (χ3v) is 3.73. The van der Waals surface area contributed by atoms with Crippen molar-refractivity contribution in [2.45, 2.75) is 19.8 Å². The van der Waals surface area contributed by atoms with Crippen LogP contribution in [0.1, 0.15) is 35.8 Å². The van der Waals surface area contributed by atoms with Crippen LogP contribution in [0.3, 0.4) is 0 Å². The number of carbonyl (C=O) groups excluding carboxylic acids is 1. The minimum Gasteiger partial charge on any atom is -0.298 e. The number of nitrogens with zero attached hydrogens (tertiary/aromatic N) is 2. The molecule has 0 fully saturated rings. The highest BCUT2D eigenvalue weighted by Gasteiger charge is 2.21. The standard InChI is InChI=1S/C19H17FN2O/c1-13(2)18-17(12-23)19(14-8-10-15(20)11-9-14)22(21-18)16-6-4-3-5-7-16/h3-13H,1-2H3. The summed E-state index contributed by atoms with van der Waals surface area (Å²) in [6.45, 7) is 4.00. The first kappa shape index (κ1) is 15.2. The number of benzene rings is 2. The van der Waals surface area contributed by atoms with Gasteiger partial charge < -0.3 is 0 Å². The molecule has 3 nitrogen and oxygen atoms in total. The molecule has 23 heavy (non-hydrogen) atoms. The van der Waals surface area contributed by atoms with Crippen LogP contribution in [0, 0.1) is 5.82 Å². The van der Waals surface area contributed by atoms with E-state index in [1.54, 1.807) is 16.8 Å². The second-order valence-electron chi connectivity index (χ2n) is 5.67. The summed E-state index contributed by atoms with van der Waals surface area (Å²) in [4.78, 5) is 11.7. The third kappa shape index (κ3) is 2.80. The lowest BCUT2D eigenvalue weighted by Gasteiger charge is -2.08. The maximum Gasteiger partial charge on any atom is 0.154 e. The number of carbonyl (C=O) groups is 1. The largest absolute Gasteiger partial charge is 0.298 e. The predicted octanol–water partition coefficient (Wildman–Crippen LogP) is 4.61. The zero-order valence-corrected chi connectivity index (χ0v) is 13.0. The normalized spacial score (nSPS) is 11.0. The molecule has 0 aliphatic heterocycles. The summed E-state index contributed by atoms with van der Waals surface area (Å²) in [5.74, 6) is -0.198. The lowest BCUT2D eigenvalue weighted by Crippen LogP contribution is -2.00. The fourth-order valence-electron chi connectivity index (χ4n) is 2.63. The highest BCUT2D eigenvalue weighted by molar-refractivity contribution is 5.88. The van der Waals surface area contributed by atoms with Gasteiger partial charge in [-0.3, -0.25) is 4.79 Å². The van der Waals surface area contributed by atoms with Gasteiger partial charge in [0.2, 0.25) is 0 Å². The van der Waals surface area contributed by atoms with Gasteiger partial charge in [0.1, 0.15) is 5.82 Å². The summed E-state index contributed by atoms with van der Waals surface area (Å²) in [7, 11) is 0. The maximum atomic E-state index is 13.2. The molecule has 116 valence electrons. The van der Waals surface area contributed by atoms with Crippen LogP contribution >= 0.6 is 0 Å². The summed E-state index contributed by atoms with van der Waals surface area (Å²) >= 11 is 0. The number of hydrogen-bond donors (Lipinski definition) is 0. The number of aldehydes is 1. The Labute approximate surface area is 134 Å². The van der Waals surface area contributed by atoms with E-state index in [9.17, 15) is 9.18 Å². The van der Waals surface area contributed by atoms with Crippen LogP contribution < -0.4 is 0 Å². The molecular weight excluding hydrogens is 291 g/mol. The van der Waals surface area contributed by atoms with Gasteiger partial charge in [-0.2, -0.15) is 5.10 Å². The van der Waals surface area contributed by atoms with Crippen LogP contribution in [0.2, 0.25) is 0 Å². The fraction of sp³-hybridized carbons (Fsp3) is 0.158. The van der Waals surface area contributed by atoms with Gasteiger partial charge in [-0.1, -0.05) is 32.0 Å². The highest BCUT2D eigenvalue weighted by Crippen LogP contribution is 2.31. The lowest BCUT2D eigenvalue weighted by molar-refractivity contribution is 0.112. The number of para-hydroxylation sites is 1. The molecule has 2 aromatic carbocycles. The molecule has 0 unspecified atom stereocenters. The summed E-state index contributed by atoms with van der Waals surface area (Å²) in [5, 5.41) is 4.64. The average Bonchev–Trinajstić information content (AvgIpc) is 2.96. The Hall–Kier alpha value is -2.75. The first-order valence-corrected chi connectivity index (χ1v) is 7.51. The SMILES string of the molecule is CC(C)c1nn(-c2ccccc2)c(-c2ccc(F)cc2)c1C=O. The molecule has 3 aromatic rings. The molecule has 0 radical (unpaired) electrons. The zero-order chi connectivity index (χ0) is 16.4. The van der Waals surface area contributed by atoms with Crippen molar-refractivity contribution >= 4 is 6.29 Å². The van der Waals surface area contributed by atoms with Crippen molar-refractivity contribution in [3.8, 4) is 16.9 Å². The van der Waals surface area contributed by atoms with Gasteiger partial charge in [0, 0.05) is 5.56 Å². The number of halogens is 1. The maximum absolute atomic E-state index is 13.2. The molecule has 0 amide bonds.